The van der Waals surface area contributed by atoms with Gasteiger partial charge in [0.15, 0.2) is 4.96 Å². The van der Waals surface area contributed by atoms with Gasteiger partial charge in [-0.2, -0.15) is 0 Å². The number of imidazole rings is 1. The van der Waals surface area contributed by atoms with E-state index in [0.717, 1.165) is 16.2 Å². The molecule has 1 aromatic carbocycles. The molecule has 0 aliphatic carbocycles. The summed E-state index contributed by atoms with van der Waals surface area (Å²) in [5.74, 6) is 0. The number of hydrogen-bond acceptors (Lipinski definition) is 3. The second kappa shape index (κ2) is 4.65. The standard InChI is InChI=1S/C18H17N3S/c1-10-5-13(4)17(19-8-10)16-9-21-15-7-12(3)11(2)6-14(15)20-18(21)22-16/h5-9H,1-4H3. The molecule has 0 radical (unpaired) electrons. The average Bonchev–Trinajstić information content (AvgIpc) is 2.98. The molecule has 0 aliphatic rings. The van der Waals surface area contributed by atoms with Gasteiger partial charge >= 0.3 is 0 Å². The third-order valence-corrected chi connectivity index (χ3v) is 5.16. The molecule has 0 aliphatic heterocycles. The fourth-order valence-electron chi connectivity index (χ4n) is 2.85. The maximum Gasteiger partial charge on any atom is 0.195 e. The first-order valence-corrected chi connectivity index (χ1v) is 8.17. The Kier molecular flexibility index (Phi) is 2.84. The molecule has 0 unspecified atom stereocenters. The zero-order valence-electron chi connectivity index (χ0n) is 13.1. The fraction of sp³-hybridized carbons (Fsp3) is 0.222. The number of aryl methyl sites for hydroxylation is 4. The molecule has 4 aromatic rings. The molecule has 110 valence electrons. The lowest BCUT2D eigenvalue weighted by molar-refractivity contribution is 1.22. The molecule has 0 atom stereocenters. The first kappa shape index (κ1) is 13.5. The lowest BCUT2D eigenvalue weighted by Gasteiger charge is -2.02. The van der Waals surface area contributed by atoms with Crippen LogP contribution >= 0.6 is 11.3 Å². The number of hydrogen-bond donors (Lipinski definition) is 0. The van der Waals surface area contributed by atoms with Crippen LogP contribution in [0.2, 0.25) is 0 Å². The highest BCUT2D eigenvalue weighted by Gasteiger charge is 2.13. The second-order valence-corrected chi connectivity index (χ2v) is 6.97. The van der Waals surface area contributed by atoms with Crippen LogP contribution < -0.4 is 0 Å². The van der Waals surface area contributed by atoms with Gasteiger partial charge in [0, 0.05) is 12.4 Å². The van der Waals surface area contributed by atoms with E-state index in [1.165, 1.54) is 32.6 Å². The Bertz CT molecular complexity index is 1020. The highest BCUT2D eigenvalue weighted by molar-refractivity contribution is 7.20. The van der Waals surface area contributed by atoms with Gasteiger partial charge in [-0.05, 0) is 62.1 Å². The number of rotatable bonds is 1. The minimum Gasteiger partial charge on any atom is -0.290 e. The maximum absolute atomic E-state index is 4.76. The van der Waals surface area contributed by atoms with Crippen molar-refractivity contribution in [2.75, 3.05) is 0 Å². The van der Waals surface area contributed by atoms with E-state index < -0.39 is 0 Å². The molecular weight excluding hydrogens is 290 g/mol. The Hall–Kier alpha value is -2.20. The summed E-state index contributed by atoms with van der Waals surface area (Å²) in [7, 11) is 0. The van der Waals surface area contributed by atoms with Gasteiger partial charge in [0.25, 0.3) is 0 Å². The number of nitrogens with zero attached hydrogens (tertiary/aromatic N) is 3. The number of benzene rings is 1. The van der Waals surface area contributed by atoms with Gasteiger partial charge in [-0.3, -0.25) is 9.38 Å². The largest absolute Gasteiger partial charge is 0.290 e. The first-order valence-electron chi connectivity index (χ1n) is 7.35. The van der Waals surface area contributed by atoms with Crippen LogP contribution in [-0.4, -0.2) is 14.4 Å². The van der Waals surface area contributed by atoms with Crippen molar-refractivity contribution < 1.29 is 0 Å². The lowest BCUT2D eigenvalue weighted by Crippen LogP contribution is -1.88. The smallest absolute Gasteiger partial charge is 0.195 e. The van der Waals surface area contributed by atoms with E-state index in [1.807, 2.05) is 6.20 Å². The molecule has 0 spiro atoms. The number of pyridine rings is 1. The van der Waals surface area contributed by atoms with E-state index >= 15 is 0 Å². The van der Waals surface area contributed by atoms with Gasteiger partial charge in [-0.15, -0.1) is 0 Å². The predicted octanol–water partition coefficient (Wildman–Crippen LogP) is 4.84. The topological polar surface area (TPSA) is 30.2 Å². The predicted molar refractivity (Wildman–Crippen MR) is 92.8 cm³/mol. The number of thiazole rings is 1. The van der Waals surface area contributed by atoms with Gasteiger partial charge in [-0.1, -0.05) is 17.4 Å². The van der Waals surface area contributed by atoms with Crippen LogP contribution in [0.1, 0.15) is 22.3 Å². The molecule has 3 nitrogen and oxygen atoms in total. The van der Waals surface area contributed by atoms with Gasteiger partial charge < -0.3 is 0 Å². The summed E-state index contributed by atoms with van der Waals surface area (Å²) in [6.45, 7) is 8.47. The van der Waals surface area contributed by atoms with E-state index in [1.54, 1.807) is 11.3 Å². The van der Waals surface area contributed by atoms with Gasteiger partial charge in [0.1, 0.15) is 0 Å². The molecule has 0 amide bonds. The van der Waals surface area contributed by atoms with Crippen molar-refractivity contribution in [1.29, 1.82) is 0 Å². The minimum atomic E-state index is 1.02. The zero-order chi connectivity index (χ0) is 15.4. The normalized spacial score (nSPS) is 11.6. The van der Waals surface area contributed by atoms with Crippen molar-refractivity contribution in [2.45, 2.75) is 27.7 Å². The SMILES string of the molecule is Cc1cnc(-c2cn3c(nc4cc(C)c(C)cc43)s2)c(C)c1. The van der Waals surface area contributed by atoms with Crippen LogP contribution in [0.5, 0.6) is 0 Å². The lowest BCUT2D eigenvalue weighted by atomic mass is 10.1. The highest BCUT2D eigenvalue weighted by Crippen LogP contribution is 2.32. The molecule has 4 heteroatoms. The van der Waals surface area contributed by atoms with Crippen molar-refractivity contribution in [2.24, 2.45) is 0 Å². The third-order valence-electron chi connectivity index (χ3n) is 4.17. The number of fused-ring (bicyclic) bond motifs is 3. The Morgan fingerprint density at radius 1 is 0.955 bits per heavy atom. The number of aromatic nitrogens is 3. The molecule has 0 bridgehead atoms. The second-order valence-electron chi connectivity index (χ2n) is 5.96. The van der Waals surface area contributed by atoms with Crippen LogP contribution in [-0.2, 0) is 0 Å². The molecule has 0 N–H and O–H groups in total. The molecule has 4 rings (SSSR count). The summed E-state index contributed by atoms with van der Waals surface area (Å²) in [4.78, 5) is 11.6. The van der Waals surface area contributed by atoms with Crippen LogP contribution in [0, 0.1) is 27.7 Å². The summed E-state index contributed by atoms with van der Waals surface area (Å²) in [6.07, 6.45) is 4.09. The van der Waals surface area contributed by atoms with E-state index in [0.29, 0.717) is 0 Å². The average molecular weight is 307 g/mol. The van der Waals surface area contributed by atoms with Crippen LogP contribution in [0.25, 0.3) is 26.6 Å². The molecule has 0 saturated carbocycles. The van der Waals surface area contributed by atoms with Crippen molar-refractivity contribution >= 4 is 27.3 Å². The van der Waals surface area contributed by atoms with E-state index in [2.05, 4.69) is 61.5 Å². The zero-order valence-corrected chi connectivity index (χ0v) is 14.0. The van der Waals surface area contributed by atoms with Gasteiger partial charge in [0.05, 0.1) is 21.6 Å². The summed E-state index contributed by atoms with van der Waals surface area (Å²) >= 11 is 1.70. The minimum absolute atomic E-state index is 1.02. The molecule has 22 heavy (non-hydrogen) atoms. The Morgan fingerprint density at radius 2 is 1.73 bits per heavy atom. The van der Waals surface area contributed by atoms with Crippen LogP contribution in [0.15, 0.2) is 30.6 Å². The first-order chi connectivity index (χ1) is 10.5. The van der Waals surface area contributed by atoms with E-state index in [9.17, 15) is 0 Å². The third kappa shape index (κ3) is 1.95. The van der Waals surface area contributed by atoms with Crippen LogP contribution in [0.4, 0.5) is 0 Å². The van der Waals surface area contributed by atoms with Crippen molar-refractivity contribution in [3.63, 3.8) is 0 Å². The summed E-state index contributed by atoms with van der Waals surface area (Å²) in [5.41, 5.74) is 8.28. The Morgan fingerprint density at radius 3 is 2.50 bits per heavy atom. The van der Waals surface area contributed by atoms with E-state index in [-0.39, 0.29) is 0 Å². The molecule has 0 fully saturated rings. The van der Waals surface area contributed by atoms with E-state index in [4.69, 9.17) is 4.98 Å². The fourth-order valence-corrected chi connectivity index (χ4v) is 3.91. The van der Waals surface area contributed by atoms with Crippen molar-refractivity contribution in [3.8, 4) is 10.6 Å². The van der Waals surface area contributed by atoms with Crippen molar-refractivity contribution in [3.05, 3.63) is 52.8 Å². The van der Waals surface area contributed by atoms with Crippen LogP contribution in [0.3, 0.4) is 0 Å². The molecular formula is C18H17N3S. The quantitative estimate of drug-likeness (QED) is 0.503. The van der Waals surface area contributed by atoms with Crippen molar-refractivity contribution in [1.82, 2.24) is 14.4 Å². The summed E-state index contributed by atoms with van der Waals surface area (Å²) in [5, 5.41) is 0. The monoisotopic (exact) mass is 307 g/mol. The maximum atomic E-state index is 4.76. The Balaban J connectivity index is 1.96. The molecule has 3 aromatic heterocycles. The highest BCUT2D eigenvalue weighted by atomic mass is 32.1. The van der Waals surface area contributed by atoms with Gasteiger partial charge in [0.2, 0.25) is 0 Å². The Labute approximate surface area is 133 Å². The summed E-state index contributed by atoms with van der Waals surface area (Å²) in [6, 6.07) is 6.56. The summed E-state index contributed by atoms with van der Waals surface area (Å²) < 4.78 is 2.18. The molecule has 0 saturated heterocycles. The molecule has 3 heterocycles. The van der Waals surface area contributed by atoms with Gasteiger partial charge in [-0.25, -0.2) is 4.98 Å².